The highest BCUT2D eigenvalue weighted by Crippen LogP contribution is 2.45. The van der Waals surface area contributed by atoms with Gasteiger partial charge in [-0.05, 0) is 50.1 Å². The van der Waals surface area contributed by atoms with Crippen LogP contribution >= 0.6 is 11.8 Å². The molecule has 0 spiro atoms. The van der Waals surface area contributed by atoms with E-state index in [1.807, 2.05) is 37.3 Å². The van der Waals surface area contributed by atoms with Gasteiger partial charge in [0.2, 0.25) is 0 Å². The maximum atomic E-state index is 14.8. The Hall–Kier alpha value is -3.48. The molecule has 0 bridgehead atoms. The number of nitrogens with zero attached hydrogens (tertiary/aromatic N) is 5. The highest BCUT2D eigenvalue weighted by Gasteiger charge is 2.44. The van der Waals surface area contributed by atoms with Crippen molar-refractivity contribution >= 4 is 29.2 Å². The number of hydrogen-bond donors (Lipinski definition) is 0. The first kappa shape index (κ1) is 28.3. The first-order valence-corrected chi connectivity index (χ1v) is 15.6. The molecule has 1 amide bonds. The van der Waals surface area contributed by atoms with E-state index in [1.54, 1.807) is 6.07 Å². The van der Waals surface area contributed by atoms with Gasteiger partial charge in [0.25, 0.3) is 0 Å². The molecule has 0 aromatic heterocycles. The van der Waals surface area contributed by atoms with Gasteiger partial charge in [0.15, 0.2) is 17.6 Å². The van der Waals surface area contributed by atoms with Crippen LogP contribution in [0.15, 0.2) is 57.5 Å². The minimum absolute atomic E-state index is 0.0826. The normalized spacial score (nSPS) is 28.2. The molecular formula is C31H34FN5O5S. The first-order valence-electron chi connectivity index (χ1n) is 14.8. The van der Waals surface area contributed by atoms with E-state index in [9.17, 15) is 14.1 Å². The number of hydrogen-bond acceptors (Lipinski definition) is 10. The van der Waals surface area contributed by atoms with Crippen molar-refractivity contribution in [1.82, 2.24) is 9.80 Å². The Bertz CT molecular complexity index is 1500. The number of thioether (sulfide) groups is 1. The zero-order valence-electron chi connectivity index (χ0n) is 24.1. The lowest BCUT2D eigenvalue weighted by Crippen LogP contribution is -2.55. The lowest BCUT2D eigenvalue weighted by atomic mass is 10.1. The van der Waals surface area contributed by atoms with Crippen molar-refractivity contribution < 1.29 is 23.4 Å². The minimum atomic E-state index is -0.728. The molecule has 0 saturated carbocycles. The topological polar surface area (TPSA) is 96.3 Å². The van der Waals surface area contributed by atoms with Crippen LogP contribution in [0.25, 0.3) is 0 Å². The average molecular weight is 608 g/mol. The van der Waals surface area contributed by atoms with Gasteiger partial charge >= 0.3 is 5.91 Å². The number of nitroso groups, excluding NO2 is 1. The second kappa shape index (κ2) is 11.5. The third-order valence-corrected chi connectivity index (χ3v) is 10.1. The number of carbonyl (C=O) groups is 1. The van der Waals surface area contributed by atoms with Crippen LogP contribution in [0.1, 0.15) is 30.6 Å². The van der Waals surface area contributed by atoms with Crippen molar-refractivity contribution in [2.45, 2.75) is 49.9 Å². The molecule has 0 radical (unpaired) electrons. The van der Waals surface area contributed by atoms with Gasteiger partial charge in [-0.25, -0.2) is 4.39 Å². The molecule has 2 saturated heterocycles. The van der Waals surface area contributed by atoms with E-state index in [4.69, 9.17) is 19.2 Å². The monoisotopic (exact) mass is 607 g/mol. The fourth-order valence-corrected chi connectivity index (χ4v) is 7.55. The zero-order chi connectivity index (χ0) is 29.7. The third-order valence-electron chi connectivity index (χ3n) is 8.88. The highest BCUT2D eigenvalue weighted by atomic mass is 32.2. The molecule has 2 fully saturated rings. The summed E-state index contributed by atoms with van der Waals surface area (Å²) in [6, 6.07) is 11.2. The van der Waals surface area contributed by atoms with Crippen LogP contribution in [0, 0.1) is 17.6 Å². The number of rotatable bonds is 7. The lowest BCUT2D eigenvalue weighted by Gasteiger charge is -2.43. The molecule has 10 nitrogen and oxygen atoms in total. The summed E-state index contributed by atoms with van der Waals surface area (Å²) >= 11 is 1.32. The van der Waals surface area contributed by atoms with Gasteiger partial charge in [0.05, 0.1) is 29.3 Å². The summed E-state index contributed by atoms with van der Waals surface area (Å²) in [7, 11) is 0. The molecule has 0 aliphatic carbocycles. The van der Waals surface area contributed by atoms with Crippen LogP contribution in [0.2, 0.25) is 0 Å². The quantitative estimate of drug-likeness (QED) is 0.428. The number of carbonyl (C=O) groups excluding carboxylic acids is 1. The smallest absolute Gasteiger partial charge is 0.322 e. The molecule has 5 unspecified atom stereocenters. The summed E-state index contributed by atoms with van der Waals surface area (Å²) in [6.45, 7) is 8.84. The first-order chi connectivity index (χ1) is 20.9. The number of ether oxygens (including phenoxy) is 3. The van der Waals surface area contributed by atoms with Crippen molar-refractivity contribution in [3.05, 3.63) is 69.2 Å². The van der Waals surface area contributed by atoms with E-state index in [1.165, 1.54) is 17.8 Å². The number of piperazine rings is 1. The van der Waals surface area contributed by atoms with Crippen molar-refractivity contribution in [3.63, 3.8) is 0 Å². The molecule has 7 rings (SSSR count). The predicted octanol–water partition coefficient (Wildman–Crippen LogP) is 4.28. The van der Waals surface area contributed by atoms with Gasteiger partial charge in [-0.2, -0.15) is 0 Å². The van der Waals surface area contributed by atoms with Gasteiger partial charge in [0.1, 0.15) is 23.6 Å². The highest BCUT2D eigenvalue weighted by molar-refractivity contribution is 8.04. The van der Waals surface area contributed by atoms with Crippen molar-refractivity contribution in [2.24, 2.45) is 10.2 Å². The molecule has 5 aliphatic heterocycles. The van der Waals surface area contributed by atoms with Gasteiger partial charge in [-0.15, -0.1) is 4.91 Å². The van der Waals surface area contributed by atoms with Gasteiger partial charge in [-0.1, -0.05) is 30.0 Å². The molecular weight excluding hydrogens is 573 g/mol. The summed E-state index contributed by atoms with van der Waals surface area (Å²) in [5, 5.41) is 2.44. The standard InChI is InChI=1S/C31H34FN5O5S/c1-18-6-7-21(22(32)12-18)26-17-41-25-5-3-4-23(29(25)42-26)36-10-9-35(19(2)14-36)16-28-33-31-24(13-27(43-31)30(38)34-39)37(28)15-20-8-11-40-20/h3-7,12-13,19-20,24,26,31H,8-11,14-17H2,1-2H3. The van der Waals surface area contributed by atoms with Gasteiger partial charge in [-0.3, -0.25) is 14.7 Å². The largest absolute Gasteiger partial charge is 0.485 e. The number of fused-ring (bicyclic) bond motifs is 2. The molecule has 12 heteroatoms. The maximum Gasteiger partial charge on any atom is 0.322 e. The number of aryl methyl sites for hydroxylation is 1. The lowest BCUT2D eigenvalue weighted by molar-refractivity contribution is -0.113. The Balaban J connectivity index is 1.05. The fraction of sp³-hybridized carbons (Fsp3) is 0.484. The molecule has 2 aromatic carbocycles. The van der Waals surface area contributed by atoms with Gasteiger partial charge < -0.3 is 24.0 Å². The summed E-state index contributed by atoms with van der Waals surface area (Å²) in [4.78, 5) is 35.1. The third kappa shape index (κ3) is 5.40. The Kier molecular flexibility index (Phi) is 7.60. The summed E-state index contributed by atoms with van der Waals surface area (Å²) in [6.07, 6.45) is 2.46. The van der Waals surface area contributed by atoms with E-state index in [0.717, 1.165) is 49.7 Å². The molecule has 2 aromatic rings. The zero-order valence-corrected chi connectivity index (χ0v) is 25.0. The van der Waals surface area contributed by atoms with Gasteiger partial charge in [0, 0.05) is 49.6 Å². The number of amidine groups is 1. The molecule has 5 atom stereocenters. The van der Waals surface area contributed by atoms with E-state index in [0.29, 0.717) is 35.1 Å². The van der Waals surface area contributed by atoms with E-state index >= 15 is 0 Å². The Morgan fingerprint density at radius 1 is 1.23 bits per heavy atom. The number of aliphatic imine (C=N–C) groups is 1. The van der Waals surface area contributed by atoms with Crippen molar-refractivity contribution in [2.75, 3.05) is 50.8 Å². The number of benzene rings is 2. The average Bonchev–Trinajstić information content (AvgIpc) is 3.53. The Morgan fingerprint density at radius 2 is 2.09 bits per heavy atom. The summed E-state index contributed by atoms with van der Waals surface area (Å²) in [5.41, 5.74) is 2.30. The SMILES string of the molecule is Cc1ccc(C2COc3cccc(N4CCN(CC5=NC6SC(C(=O)N=O)=CC6N5CC5CCO5)C(C)C4)c3O2)c(F)c1. The fourth-order valence-electron chi connectivity index (χ4n) is 6.39. The molecule has 5 aliphatic rings. The van der Waals surface area contributed by atoms with Crippen LogP contribution in [0.5, 0.6) is 11.5 Å². The van der Waals surface area contributed by atoms with Crippen LogP contribution in [-0.2, 0) is 9.53 Å². The minimum Gasteiger partial charge on any atom is -0.485 e. The molecule has 0 N–H and O–H groups in total. The van der Waals surface area contributed by atoms with Crippen molar-refractivity contribution in [3.8, 4) is 11.5 Å². The summed E-state index contributed by atoms with van der Waals surface area (Å²) < 4.78 is 33.0. The Morgan fingerprint density at radius 3 is 2.84 bits per heavy atom. The van der Waals surface area contributed by atoms with E-state index < -0.39 is 12.0 Å². The van der Waals surface area contributed by atoms with E-state index in [2.05, 4.69) is 26.8 Å². The van der Waals surface area contributed by atoms with Crippen LogP contribution in [0.4, 0.5) is 10.1 Å². The molecule has 5 heterocycles. The second-order valence-corrected chi connectivity index (χ2v) is 12.9. The van der Waals surface area contributed by atoms with Crippen molar-refractivity contribution in [1.29, 1.82) is 0 Å². The number of halogens is 1. The van der Waals surface area contributed by atoms with Crippen LogP contribution < -0.4 is 14.4 Å². The number of anilines is 1. The Labute approximate surface area is 253 Å². The van der Waals surface area contributed by atoms with Crippen LogP contribution in [0.3, 0.4) is 0 Å². The molecule has 226 valence electrons. The summed E-state index contributed by atoms with van der Waals surface area (Å²) in [5.74, 6) is 1.29. The van der Waals surface area contributed by atoms with E-state index in [-0.39, 0.29) is 36.0 Å². The predicted molar refractivity (Wildman–Crippen MR) is 162 cm³/mol. The number of amides is 1. The maximum absolute atomic E-state index is 14.8. The number of para-hydroxylation sites is 1. The van der Waals surface area contributed by atoms with Crippen LogP contribution in [-0.4, -0.2) is 91.0 Å². The second-order valence-electron chi connectivity index (χ2n) is 11.7. The molecule has 43 heavy (non-hydrogen) atoms.